The minimum Gasteiger partial charge on any atom is -0.352 e. The monoisotopic (exact) mass is 300 g/mol. The molecule has 0 fully saturated rings. The van der Waals surface area contributed by atoms with Crippen LogP contribution < -0.4 is 27.6 Å². The smallest absolute Gasteiger partial charge is 0.312 e. The number of nitro benzene ring substituents is 1. The number of primary amides is 1. The number of nitro groups is 1. The van der Waals surface area contributed by atoms with Crippen molar-refractivity contribution in [1.82, 2.24) is 10.6 Å². The Bertz CT molecular complexity index is 579. The van der Waals surface area contributed by atoms with Crippen LogP contribution in [-0.2, 0) is 0 Å². The summed E-state index contributed by atoms with van der Waals surface area (Å²) in [5.41, 5.74) is 5.48. The number of anilines is 1. The summed E-state index contributed by atoms with van der Waals surface area (Å²) in [6.07, 6.45) is 0. The van der Waals surface area contributed by atoms with Crippen molar-refractivity contribution in [2.45, 2.75) is 0 Å². The first-order valence-electron chi connectivity index (χ1n) is 5.63. The number of hydrazine groups is 1. The fourth-order valence-electron chi connectivity index (χ4n) is 1.46. The van der Waals surface area contributed by atoms with Crippen molar-refractivity contribution in [3.05, 3.63) is 33.6 Å². The second kappa shape index (κ2) is 7.00. The SMILES string of the molecule is NNc1cc(C(=O)NCCNC(N)=O)c([N+](=O)[O-])cc1F. The molecule has 0 aliphatic rings. The number of urea groups is 1. The number of nitrogens with one attached hydrogen (secondary N) is 3. The van der Waals surface area contributed by atoms with E-state index in [9.17, 15) is 24.1 Å². The lowest BCUT2D eigenvalue weighted by atomic mass is 10.1. The van der Waals surface area contributed by atoms with E-state index in [0.29, 0.717) is 6.07 Å². The highest BCUT2D eigenvalue weighted by atomic mass is 19.1. The topological polar surface area (TPSA) is 165 Å². The van der Waals surface area contributed by atoms with Gasteiger partial charge in [0.2, 0.25) is 0 Å². The molecule has 0 saturated heterocycles. The molecule has 0 spiro atoms. The van der Waals surface area contributed by atoms with Crippen LogP contribution in [0.4, 0.5) is 20.6 Å². The molecule has 3 amide bonds. The van der Waals surface area contributed by atoms with Crippen LogP contribution in [0.2, 0.25) is 0 Å². The number of carbonyl (C=O) groups excluding carboxylic acids is 2. The van der Waals surface area contributed by atoms with Crippen molar-refractivity contribution < 1.29 is 18.9 Å². The van der Waals surface area contributed by atoms with Gasteiger partial charge in [0.15, 0.2) is 5.82 Å². The second-order valence-electron chi connectivity index (χ2n) is 3.80. The Balaban J connectivity index is 2.91. The van der Waals surface area contributed by atoms with E-state index < -0.39 is 28.4 Å². The maximum Gasteiger partial charge on any atom is 0.312 e. The third-order valence-corrected chi connectivity index (χ3v) is 2.39. The normalized spacial score (nSPS) is 9.81. The number of halogens is 1. The van der Waals surface area contributed by atoms with Crippen LogP contribution in [0.5, 0.6) is 0 Å². The lowest BCUT2D eigenvalue weighted by Gasteiger charge is -2.08. The number of nitrogens with two attached hydrogens (primary N) is 2. The third-order valence-electron chi connectivity index (χ3n) is 2.39. The summed E-state index contributed by atoms with van der Waals surface area (Å²) >= 11 is 0. The second-order valence-corrected chi connectivity index (χ2v) is 3.80. The zero-order valence-corrected chi connectivity index (χ0v) is 10.7. The van der Waals surface area contributed by atoms with Crippen molar-refractivity contribution >= 4 is 23.3 Å². The van der Waals surface area contributed by atoms with E-state index >= 15 is 0 Å². The number of nitrogens with zero attached hydrogens (tertiary/aromatic N) is 1. The Kier molecular flexibility index (Phi) is 5.37. The highest BCUT2D eigenvalue weighted by Gasteiger charge is 2.23. The molecular weight excluding hydrogens is 287 g/mol. The molecule has 7 N–H and O–H groups in total. The third kappa shape index (κ3) is 4.28. The van der Waals surface area contributed by atoms with Crippen LogP contribution in [0.3, 0.4) is 0 Å². The number of nitrogen functional groups attached to an aromatic ring is 1. The molecule has 0 aliphatic heterocycles. The van der Waals surface area contributed by atoms with Crippen LogP contribution in [0.1, 0.15) is 10.4 Å². The van der Waals surface area contributed by atoms with E-state index in [1.807, 2.05) is 5.43 Å². The molecule has 0 saturated carbocycles. The average molecular weight is 300 g/mol. The van der Waals surface area contributed by atoms with Crippen molar-refractivity contribution in [2.75, 3.05) is 18.5 Å². The van der Waals surface area contributed by atoms with Gasteiger partial charge in [-0.25, -0.2) is 9.18 Å². The largest absolute Gasteiger partial charge is 0.352 e. The van der Waals surface area contributed by atoms with E-state index in [1.165, 1.54) is 0 Å². The van der Waals surface area contributed by atoms with Gasteiger partial charge in [0.1, 0.15) is 5.56 Å². The molecule has 1 rings (SSSR count). The van der Waals surface area contributed by atoms with Gasteiger partial charge in [-0.05, 0) is 6.07 Å². The first-order valence-corrected chi connectivity index (χ1v) is 5.63. The summed E-state index contributed by atoms with van der Waals surface area (Å²) in [4.78, 5) is 32.2. The number of benzene rings is 1. The molecule has 1 aromatic carbocycles. The Morgan fingerprint density at radius 1 is 1.29 bits per heavy atom. The fraction of sp³-hybridized carbons (Fsp3) is 0.200. The molecule has 0 bridgehead atoms. The number of carbonyl (C=O) groups is 2. The van der Waals surface area contributed by atoms with Crippen molar-refractivity contribution in [3.63, 3.8) is 0 Å². The fourth-order valence-corrected chi connectivity index (χ4v) is 1.46. The Hall–Kier alpha value is -2.95. The predicted molar refractivity (Wildman–Crippen MR) is 70.8 cm³/mol. The van der Waals surface area contributed by atoms with Gasteiger partial charge in [-0.2, -0.15) is 0 Å². The molecule has 0 atom stereocenters. The molecule has 114 valence electrons. The molecule has 0 unspecified atom stereocenters. The molecule has 0 aliphatic carbocycles. The molecule has 1 aromatic rings. The molecule has 10 nitrogen and oxygen atoms in total. The van der Waals surface area contributed by atoms with E-state index in [0.717, 1.165) is 6.07 Å². The van der Waals surface area contributed by atoms with Crippen LogP contribution in [0.25, 0.3) is 0 Å². The summed E-state index contributed by atoms with van der Waals surface area (Å²) in [5.74, 6) is 3.27. The van der Waals surface area contributed by atoms with Gasteiger partial charge in [0, 0.05) is 13.1 Å². The first-order chi connectivity index (χ1) is 9.86. The van der Waals surface area contributed by atoms with Crippen LogP contribution >= 0.6 is 0 Å². The summed E-state index contributed by atoms with van der Waals surface area (Å²) in [6.45, 7) is 0.0275. The Morgan fingerprint density at radius 2 is 1.90 bits per heavy atom. The molecule has 21 heavy (non-hydrogen) atoms. The van der Waals surface area contributed by atoms with Gasteiger partial charge in [0.05, 0.1) is 16.7 Å². The summed E-state index contributed by atoms with van der Waals surface area (Å²) in [5, 5.41) is 15.4. The maximum atomic E-state index is 13.4. The van der Waals surface area contributed by atoms with Crippen molar-refractivity contribution in [2.24, 2.45) is 11.6 Å². The number of hydrogen-bond acceptors (Lipinski definition) is 6. The van der Waals surface area contributed by atoms with E-state index in [-0.39, 0.29) is 24.3 Å². The van der Waals surface area contributed by atoms with Crippen LogP contribution in [0, 0.1) is 15.9 Å². The highest BCUT2D eigenvalue weighted by Crippen LogP contribution is 2.25. The lowest BCUT2D eigenvalue weighted by molar-refractivity contribution is -0.385. The van der Waals surface area contributed by atoms with Crippen LogP contribution in [0.15, 0.2) is 12.1 Å². The number of rotatable bonds is 6. The number of amides is 3. The van der Waals surface area contributed by atoms with Gasteiger partial charge in [-0.3, -0.25) is 20.8 Å². The standard InChI is InChI=1S/C10H13FN6O4/c11-6-4-8(17(20)21)5(3-7(6)16-13)9(18)14-1-2-15-10(12)19/h3-4,16H,1-2,13H2,(H,14,18)(H3,12,15,19). The van der Waals surface area contributed by atoms with Crippen LogP contribution in [-0.4, -0.2) is 30.0 Å². The molecule has 0 aromatic heterocycles. The quantitative estimate of drug-likeness (QED) is 0.204. The Morgan fingerprint density at radius 3 is 2.43 bits per heavy atom. The predicted octanol–water partition coefficient (Wildman–Crippen LogP) is -0.582. The average Bonchev–Trinajstić information content (AvgIpc) is 2.42. The molecule has 0 radical (unpaired) electrons. The molecular formula is C10H13FN6O4. The number of hydrogen-bond donors (Lipinski definition) is 5. The molecule has 11 heteroatoms. The van der Waals surface area contributed by atoms with Gasteiger partial charge in [-0.15, -0.1) is 0 Å². The zero-order chi connectivity index (χ0) is 16.0. The van der Waals surface area contributed by atoms with Gasteiger partial charge >= 0.3 is 6.03 Å². The lowest BCUT2D eigenvalue weighted by Crippen LogP contribution is -2.37. The van der Waals surface area contributed by atoms with Crippen molar-refractivity contribution in [1.29, 1.82) is 0 Å². The minimum absolute atomic E-state index is 0.0122. The van der Waals surface area contributed by atoms with Gasteiger partial charge < -0.3 is 21.8 Å². The minimum atomic E-state index is -0.962. The van der Waals surface area contributed by atoms with Gasteiger partial charge in [-0.1, -0.05) is 0 Å². The van der Waals surface area contributed by atoms with Gasteiger partial charge in [0.25, 0.3) is 11.6 Å². The first kappa shape index (κ1) is 16.1. The molecule has 0 heterocycles. The summed E-state index contributed by atoms with van der Waals surface area (Å²) < 4.78 is 13.4. The van der Waals surface area contributed by atoms with E-state index in [4.69, 9.17) is 11.6 Å². The van der Waals surface area contributed by atoms with E-state index in [2.05, 4.69) is 10.6 Å². The summed E-state index contributed by atoms with van der Waals surface area (Å²) in [7, 11) is 0. The zero-order valence-electron chi connectivity index (χ0n) is 10.7. The Labute approximate surface area is 117 Å². The highest BCUT2D eigenvalue weighted by molar-refractivity contribution is 5.99. The maximum absolute atomic E-state index is 13.4. The van der Waals surface area contributed by atoms with Crippen molar-refractivity contribution in [3.8, 4) is 0 Å². The summed E-state index contributed by atoms with van der Waals surface area (Å²) in [6, 6.07) is 0.738. The van der Waals surface area contributed by atoms with E-state index in [1.54, 1.807) is 0 Å².